The third kappa shape index (κ3) is 4.65. The van der Waals surface area contributed by atoms with Gasteiger partial charge < -0.3 is 11.1 Å². The lowest BCUT2D eigenvalue weighted by atomic mass is 9.94. The minimum Gasteiger partial charge on any atom is -0.352 e. The van der Waals surface area contributed by atoms with E-state index in [-0.39, 0.29) is 23.9 Å². The minimum absolute atomic E-state index is 0.0237. The molecule has 0 rings (SSSR count). The summed E-state index contributed by atoms with van der Waals surface area (Å²) < 4.78 is 0. The molecule has 0 aromatic heterocycles. The molecule has 0 aliphatic heterocycles. The second-order valence-corrected chi connectivity index (χ2v) is 4.64. The van der Waals surface area contributed by atoms with Crippen molar-refractivity contribution in [3.8, 4) is 0 Å². The summed E-state index contributed by atoms with van der Waals surface area (Å²) >= 11 is 0. The van der Waals surface area contributed by atoms with E-state index in [1.54, 1.807) is 0 Å². The largest absolute Gasteiger partial charge is 0.352 e. The second-order valence-electron chi connectivity index (χ2n) is 4.64. The van der Waals surface area contributed by atoms with Gasteiger partial charge in [-0.3, -0.25) is 4.79 Å². The van der Waals surface area contributed by atoms with Crippen molar-refractivity contribution < 1.29 is 4.79 Å². The summed E-state index contributed by atoms with van der Waals surface area (Å²) in [6, 6.07) is -0.167. The van der Waals surface area contributed by atoms with Crippen LogP contribution in [0.5, 0.6) is 0 Å². The van der Waals surface area contributed by atoms with Gasteiger partial charge in [0.25, 0.3) is 0 Å². The van der Waals surface area contributed by atoms with Crippen LogP contribution >= 0.6 is 0 Å². The molecule has 3 nitrogen and oxygen atoms in total. The van der Waals surface area contributed by atoms with Crippen LogP contribution < -0.4 is 11.1 Å². The van der Waals surface area contributed by atoms with Crippen LogP contribution in [-0.4, -0.2) is 18.0 Å². The van der Waals surface area contributed by atoms with Crippen LogP contribution in [0.25, 0.3) is 0 Å². The Balaban J connectivity index is 4.16. The summed E-state index contributed by atoms with van der Waals surface area (Å²) in [5.74, 6) is 0.719. The van der Waals surface area contributed by atoms with E-state index in [4.69, 9.17) is 5.73 Å². The number of nitrogens with two attached hydrogens (primary N) is 1. The third-order valence-corrected chi connectivity index (χ3v) is 3.15. The molecule has 0 aliphatic carbocycles. The summed E-state index contributed by atoms with van der Waals surface area (Å²) in [4.78, 5) is 11.7. The summed E-state index contributed by atoms with van der Waals surface area (Å²) in [7, 11) is 0. The van der Waals surface area contributed by atoms with Gasteiger partial charge in [-0.25, -0.2) is 0 Å². The summed E-state index contributed by atoms with van der Waals surface area (Å²) in [5, 5.41) is 3.00. The number of rotatable bonds is 6. The molecule has 0 saturated carbocycles. The monoisotopic (exact) mass is 214 g/mol. The van der Waals surface area contributed by atoms with Gasteiger partial charge in [0, 0.05) is 6.04 Å². The van der Waals surface area contributed by atoms with Crippen molar-refractivity contribution in [2.24, 2.45) is 17.6 Å². The van der Waals surface area contributed by atoms with Gasteiger partial charge in [-0.15, -0.1) is 0 Å². The van der Waals surface area contributed by atoms with E-state index in [1.807, 2.05) is 13.8 Å². The molecule has 1 amide bonds. The molecule has 0 aromatic rings. The highest BCUT2D eigenvalue weighted by Gasteiger charge is 2.21. The second kappa shape index (κ2) is 6.83. The van der Waals surface area contributed by atoms with Crippen molar-refractivity contribution in [2.75, 3.05) is 0 Å². The number of amides is 1. The first-order valence-electron chi connectivity index (χ1n) is 5.99. The van der Waals surface area contributed by atoms with Crippen LogP contribution in [0, 0.1) is 11.8 Å². The van der Waals surface area contributed by atoms with Crippen molar-refractivity contribution in [1.82, 2.24) is 5.32 Å². The minimum atomic E-state index is -0.387. The maximum atomic E-state index is 11.7. The standard InChI is InChI=1S/C12H26N2O/c1-6-10(7-2)9(5)14-12(15)11(13)8(3)4/h8-11H,6-7,13H2,1-5H3,(H,14,15)/t9?,11-/m0/s1. The molecule has 1 unspecified atom stereocenters. The maximum Gasteiger partial charge on any atom is 0.237 e. The van der Waals surface area contributed by atoms with E-state index in [0.717, 1.165) is 12.8 Å². The smallest absolute Gasteiger partial charge is 0.237 e. The molecule has 0 fully saturated rings. The Morgan fingerprint density at radius 1 is 1.20 bits per heavy atom. The molecule has 0 aromatic carbocycles. The third-order valence-electron chi connectivity index (χ3n) is 3.15. The van der Waals surface area contributed by atoms with E-state index >= 15 is 0 Å². The van der Waals surface area contributed by atoms with E-state index in [9.17, 15) is 4.79 Å². The molecule has 3 heteroatoms. The lowest BCUT2D eigenvalue weighted by Gasteiger charge is -2.25. The van der Waals surface area contributed by atoms with Crippen LogP contribution in [-0.2, 0) is 4.79 Å². The summed E-state index contributed by atoms with van der Waals surface area (Å²) in [6.07, 6.45) is 2.18. The van der Waals surface area contributed by atoms with E-state index in [0.29, 0.717) is 5.92 Å². The van der Waals surface area contributed by atoms with Crippen molar-refractivity contribution in [2.45, 2.75) is 59.5 Å². The topological polar surface area (TPSA) is 55.1 Å². The molecule has 0 aliphatic rings. The molecule has 3 N–H and O–H groups in total. The highest BCUT2D eigenvalue weighted by atomic mass is 16.2. The Kier molecular flexibility index (Phi) is 6.57. The van der Waals surface area contributed by atoms with Gasteiger partial charge in [0.2, 0.25) is 5.91 Å². The molecule has 90 valence electrons. The zero-order valence-corrected chi connectivity index (χ0v) is 10.7. The molecule has 0 spiro atoms. The average molecular weight is 214 g/mol. The lowest BCUT2D eigenvalue weighted by Crippen LogP contribution is -2.48. The van der Waals surface area contributed by atoms with Gasteiger partial charge in [0.15, 0.2) is 0 Å². The van der Waals surface area contributed by atoms with Gasteiger partial charge in [-0.05, 0) is 18.8 Å². The summed E-state index contributed by atoms with van der Waals surface area (Å²) in [5.41, 5.74) is 5.78. The Bertz CT molecular complexity index is 188. The first kappa shape index (κ1) is 14.4. The van der Waals surface area contributed by atoms with Crippen molar-refractivity contribution in [1.29, 1.82) is 0 Å². The molecule has 0 radical (unpaired) electrons. The van der Waals surface area contributed by atoms with Gasteiger partial charge in [0.05, 0.1) is 6.04 Å². The first-order chi connectivity index (χ1) is 6.93. The quantitative estimate of drug-likeness (QED) is 0.709. The molecule has 0 bridgehead atoms. The number of carbonyl (C=O) groups excluding carboxylic acids is 1. The molecular formula is C12H26N2O. The van der Waals surface area contributed by atoms with Gasteiger partial charge in [0.1, 0.15) is 0 Å². The molecule has 15 heavy (non-hydrogen) atoms. The van der Waals surface area contributed by atoms with Gasteiger partial charge in [-0.2, -0.15) is 0 Å². The van der Waals surface area contributed by atoms with Crippen LogP contribution in [0.2, 0.25) is 0 Å². The lowest BCUT2D eigenvalue weighted by molar-refractivity contribution is -0.124. The Morgan fingerprint density at radius 2 is 1.67 bits per heavy atom. The average Bonchev–Trinajstić information content (AvgIpc) is 2.18. The fourth-order valence-electron chi connectivity index (χ4n) is 1.74. The number of hydrogen-bond donors (Lipinski definition) is 2. The highest BCUT2D eigenvalue weighted by molar-refractivity contribution is 5.81. The normalized spacial score (nSPS) is 15.5. The van der Waals surface area contributed by atoms with Crippen molar-refractivity contribution in [3.63, 3.8) is 0 Å². The Labute approximate surface area is 93.8 Å². The highest BCUT2D eigenvalue weighted by Crippen LogP contribution is 2.12. The van der Waals surface area contributed by atoms with Crippen LogP contribution in [0.15, 0.2) is 0 Å². The number of carbonyl (C=O) groups is 1. The van der Waals surface area contributed by atoms with E-state index in [1.165, 1.54) is 0 Å². The predicted octanol–water partition coefficient (Wildman–Crippen LogP) is 1.91. The van der Waals surface area contributed by atoms with Crippen molar-refractivity contribution >= 4 is 5.91 Å². The van der Waals surface area contributed by atoms with Crippen LogP contribution in [0.3, 0.4) is 0 Å². The zero-order chi connectivity index (χ0) is 12.0. The Hall–Kier alpha value is -0.570. The zero-order valence-electron chi connectivity index (χ0n) is 10.7. The number of nitrogens with one attached hydrogen (secondary N) is 1. The fraction of sp³-hybridized carbons (Fsp3) is 0.917. The predicted molar refractivity (Wildman–Crippen MR) is 64.5 cm³/mol. The van der Waals surface area contributed by atoms with E-state index < -0.39 is 0 Å². The molecule has 0 heterocycles. The molecular weight excluding hydrogens is 188 g/mol. The fourth-order valence-corrected chi connectivity index (χ4v) is 1.74. The van der Waals surface area contributed by atoms with Gasteiger partial charge >= 0.3 is 0 Å². The number of hydrogen-bond acceptors (Lipinski definition) is 2. The Morgan fingerprint density at radius 3 is 2.00 bits per heavy atom. The molecule has 2 atom stereocenters. The summed E-state index contributed by atoms with van der Waals surface area (Å²) in [6.45, 7) is 10.3. The van der Waals surface area contributed by atoms with E-state index in [2.05, 4.69) is 26.1 Å². The first-order valence-corrected chi connectivity index (χ1v) is 5.99. The van der Waals surface area contributed by atoms with Crippen LogP contribution in [0.1, 0.15) is 47.5 Å². The van der Waals surface area contributed by atoms with Crippen LogP contribution in [0.4, 0.5) is 0 Å². The van der Waals surface area contributed by atoms with Gasteiger partial charge in [-0.1, -0.05) is 40.5 Å². The molecule has 0 saturated heterocycles. The maximum absolute atomic E-state index is 11.7. The SMILES string of the molecule is CCC(CC)C(C)NC(=O)[C@@H](N)C(C)C. The van der Waals surface area contributed by atoms with Crippen molar-refractivity contribution in [3.05, 3.63) is 0 Å².